The number of piperidine rings is 1. The first kappa shape index (κ1) is 18.4. The molecule has 1 aliphatic rings. The van der Waals surface area contributed by atoms with Crippen LogP contribution < -0.4 is 10.1 Å². The predicted octanol–water partition coefficient (Wildman–Crippen LogP) is 2.79. The average molecular weight is 431 g/mol. The van der Waals surface area contributed by atoms with E-state index in [1.165, 1.54) is 6.42 Å². The van der Waals surface area contributed by atoms with E-state index in [0.717, 1.165) is 31.5 Å². The molecule has 0 aromatic carbocycles. The fourth-order valence-corrected chi connectivity index (χ4v) is 4.03. The zero-order valence-electron chi connectivity index (χ0n) is 14.3. The number of likely N-dealkylation sites (tertiary alicyclic amines) is 1. The monoisotopic (exact) mass is 431 g/mol. The Morgan fingerprint density at radius 2 is 2.09 bits per heavy atom. The van der Waals surface area contributed by atoms with Gasteiger partial charge in [-0.3, -0.25) is 4.79 Å². The molecule has 0 aliphatic carbocycles. The lowest BCUT2D eigenvalue weighted by molar-refractivity contribution is 0.0900. The molecule has 0 saturated carbocycles. The number of nitrogens with zero attached hydrogens (tertiary/aromatic N) is 2. The van der Waals surface area contributed by atoms with Crippen molar-refractivity contribution in [2.24, 2.45) is 11.8 Å². The van der Waals surface area contributed by atoms with Crippen molar-refractivity contribution in [1.29, 1.82) is 0 Å². The number of carbonyl (C=O) groups excluding carboxylic acids is 1. The minimum atomic E-state index is -0.129. The number of pyridine rings is 1. The fraction of sp³-hybridized carbons (Fsp3) is 0.647. The minimum Gasteiger partial charge on any atom is -0.494 e. The van der Waals surface area contributed by atoms with Crippen molar-refractivity contribution < 1.29 is 9.53 Å². The maximum absolute atomic E-state index is 12.3. The number of hydrogen-bond donors (Lipinski definition) is 1. The first-order chi connectivity index (χ1) is 10.9. The van der Waals surface area contributed by atoms with Crippen LogP contribution in [0.5, 0.6) is 5.75 Å². The van der Waals surface area contributed by atoms with Gasteiger partial charge in [-0.1, -0.05) is 13.8 Å². The van der Waals surface area contributed by atoms with Gasteiger partial charge in [-0.2, -0.15) is 0 Å². The lowest BCUT2D eigenvalue weighted by Crippen LogP contribution is -2.47. The molecule has 6 heteroatoms. The standard InChI is InChI=1S/C17H26IN3O2/c1-11-7-12(2)9-21(8-11)10-13(3)19-17(22)14-5-6-15(23-4)16(18)20-14/h5-6,11-13H,7-10H2,1-4H3,(H,19,22)/t11-,12-,13+/m0/s1. The Morgan fingerprint density at radius 3 is 2.65 bits per heavy atom. The van der Waals surface area contributed by atoms with E-state index in [4.69, 9.17) is 4.74 Å². The van der Waals surface area contributed by atoms with Gasteiger partial charge >= 0.3 is 0 Å². The summed E-state index contributed by atoms with van der Waals surface area (Å²) in [6, 6.07) is 3.58. The molecule has 128 valence electrons. The molecule has 1 amide bonds. The molecule has 2 rings (SSSR count). The Bertz CT molecular complexity index is 543. The molecular formula is C17H26IN3O2. The number of carbonyl (C=O) groups is 1. The zero-order chi connectivity index (χ0) is 17.0. The van der Waals surface area contributed by atoms with Gasteiger partial charge in [0.05, 0.1) is 7.11 Å². The Kier molecular flexibility index (Phi) is 6.64. The maximum atomic E-state index is 12.3. The van der Waals surface area contributed by atoms with Crippen LogP contribution in [0.25, 0.3) is 0 Å². The molecule has 1 N–H and O–H groups in total. The summed E-state index contributed by atoms with van der Waals surface area (Å²) in [5.41, 5.74) is 0.433. The summed E-state index contributed by atoms with van der Waals surface area (Å²) < 4.78 is 5.87. The number of rotatable bonds is 5. The van der Waals surface area contributed by atoms with E-state index < -0.39 is 0 Å². The molecule has 1 aromatic heterocycles. The Labute approximate surface area is 152 Å². The number of aromatic nitrogens is 1. The van der Waals surface area contributed by atoms with Gasteiger partial charge < -0.3 is 15.0 Å². The van der Waals surface area contributed by atoms with Crippen LogP contribution in [0.1, 0.15) is 37.7 Å². The summed E-state index contributed by atoms with van der Waals surface area (Å²) in [6.45, 7) is 9.76. The van der Waals surface area contributed by atoms with Gasteiger partial charge in [0.1, 0.15) is 9.39 Å². The Hall–Kier alpha value is -0.890. The second-order valence-electron chi connectivity index (χ2n) is 6.73. The van der Waals surface area contributed by atoms with Crippen molar-refractivity contribution in [2.45, 2.75) is 33.2 Å². The number of hydrogen-bond acceptors (Lipinski definition) is 4. The normalized spacial score (nSPS) is 23.3. The van der Waals surface area contributed by atoms with Crippen molar-refractivity contribution >= 4 is 28.5 Å². The highest BCUT2D eigenvalue weighted by Gasteiger charge is 2.23. The van der Waals surface area contributed by atoms with Crippen molar-refractivity contribution in [3.63, 3.8) is 0 Å². The van der Waals surface area contributed by atoms with E-state index >= 15 is 0 Å². The Balaban J connectivity index is 1.90. The average Bonchev–Trinajstić information content (AvgIpc) is 2.45. The SMILES string of the molecule is COc1ccc(C(=O)N[C@H](C)CN2C[C@@H](C)C[C@H](C)C2)nc1I. The van der Waals surface area contributed by atoms with Gasteiger partial charge in [-0.05, 0) is 59.9 Å². The summed E-state index contributed by atoms with van der Waals surface area (Å²) in [5, 5.41) is 3.05. The van der Waals surface area contributed by atoms with Crippen molar-refractivity contribution in [2.75, 3.05) is 26.7 Å². The summed E-state index contributed by atoms with van der Waals surface area (Å²) in [7, 11) is 1.60. The van der Waals surface area contributed by atoms with Gasteiger partial charge in [-0.15, -0.1) is 0 Å². The highest BCUT2D eigenvalue weighted by atomic mass is 127. The summed E-state index contributed by atoms with van der Waals surface area (Å²) in [6.07, 6.45) is 1.30. The summed E-state index contributed by atoms with van der Waals surface area (Å²) in [4.78, 5) is 19.1. The highest BCUT2D eigenvalue weighted by Crippen LogP contribution is 2.21. The van der Waals surface area contributed by atoms with Crippen LogP contribution in [0.4, 0.5) is 0 Å². The molecule has 1 aliphatic heterocycles. The molecule has 1 aromatic rings. The highest BCUT2D eigenvalue weighted by molar-refractivity contribution is 14.1. The third-order valence-electron chi connectivity index (χ3n) is 4.12. The third-order valence-corrected chi connectivity index (χ3v) is 4.89. The number of amides is 1. The topological polar surface area (TPSA) is 54.5 Å². The molecular weight excluding hydrogens is 405 g/mol. The van der Waals surface area contributed by atoms with Crippen LogP contribution >= 0.6 is 22.6 Å². The number of ether oxygens (including phenoxy) is 1. The molecule has 0 bridgehead atoms. The molecule has 23 heavy (non-hydrogen) atoms. The van der Waals surface area contributed by atoms with Crippen molar-refractivity contribution in [3.05, 3.63) is 21.5 Å². The van der Waals surface area contributed by atoms with E-state index in [2.05, 4.69) is 58.6 Å². The molecule has 1 saturated heterocycles. The first-order valence-electron chi connectivity index (χ1n) is 8.12. The number of methoxy groups -OCH3 is 1. The lowest BCUT2D eigenvalue weighted by Gasteiger charge is -2.36. The molecule has 0 unspecified atom stereocenters. The van der Waals surface area contributed by atoms with Gasteiger partial charge in [-0.25, -0.2) is 4.98 Å². The minimum absolute atomic E-state index is 0.0987. The molecule has 1 fully saturated rings. The van der Waals surface area contributed by atoms with Crippen molar-refractivity contribution in [1.82, 2.24) is 15.2 Å². The molecule has 2 heterocycles. The molecule has 0 spiro atoms. The summed E-state index contributed by atoms with van der Waals surface area (Å²) in [5.74, 6) is 2.01. The predicted molar refractivity (Wildman–Crippen MR) is 99.8 cm³/mol. The fourth-order valence-electron chi connectivity index (χ4n) is 3.37. The zero-order valence-corrected chi connectivity index (χ0v) is 16.5. The largest absolute Gasteiger partial charge is 0.494 e. The van der Waals surface area contributed by atoms with Crippen LogP contribution in [-0.2, 0) is 0 Å². The van der Waals surface area contributed by atoms with E-state index in [1.54, 1.807) is 19.2 Å². The van der Waals surface area contributed by atoms with E-state index in [-0.39, 0.29) is 11.9 Å². The Morgan fingerprint density at radius 1 is 1.43 bits per heavy atom. The van der Waals surface area contributed by atoms with Crippen LogP contribution in [0, 0.1) is 15.5 Å². The van der Waals surface area contributed by atoms with E-state index in [9.17, 15) is 4.79 Å². The second-order valence-corrected chi connectivity index (χ2v) is 7.75. The second kappa shape index (κ2) is 8.28. The summed E-state index contributed by atoms with van der Waals surface area (Å²) >= 11 is 2.08. The molecule has 3 atom stereocenters. The van der Waals surface area contributed by atoms with Gasteiger partial charge in [0.25, 0.3) is 5.91 Å². The van der Waals surface area contributed by atoms with Crippen LogP contribution in [0.2, 0.25) is 0 Å². The lowest BCUT2D eigenvalue weighted by atomic mass is 9.92. The van der Waals surface area contributed by atoms with E-state index in [1.807, 2.05) is 0 Å². The van der Waals surface area contributed by atoms with Gasteiger partial charge in [0.2, 0.25) is 0 Å². The number of halogens is 1. The third kappa shape index (κ3) is 5.31. The quantitative estimate of drug-likeness (QED) is 0.576. The van der Waals surface area contributed by atoms with E-state index in [0.29, 0.717) is 15.1 Å². The maximum Gasteiger partial charge on any atom is 0.270 e. The number of nitrogens with one attached hydrogen (secondary N) is 1. The molecule has 0 radical (unpaired) electrons. The van der Waals surface area contributed by atoms with Crippen LogP contribution in [-0.4, -0.2) is 48.6 Å². The van der Waals surface area contributed by atoms with Gasteiger partial charge in [0.15, 0.2) is 5.75 Å². The smallest absolute Gasteiger partial charge is 0.270 e. The first-order valence-corrected chi connectivity index (χ1v) is 9.20. The van der Waals surface area contributed by atoms with Crippen LogP contribution in [0.3, 0.4) is 0 Å². The van der Waals surface area contributed by atoms with Gasteiger partial charge in [0, 0.05) is 25.7 Å². The van der Waals surface area contributed by atoms with Crippen LogP contribution in [0.15, 0.2) is 12.1 Å². The van der Waals surface area contributed by atoms with Crippen molar-refractivity contribution in [3.8, 4) is 5.75 Å². The molecule has 5 nitrogen and oxygen atoms in total.